The molecule has 0 spiro atoms. The maximum Gasteiger partial charge on any atom is 0.0703 e. The number of rotatable bonds is 8. The number of fused-ring (bicyclic) bond motifs is 1. The fourth-order valence-electron chi connectivity index (χ4n) is 2.56. The summed E-state index contributed by atoms with van der Waals surface area (Å²) in [5.74, 6) is 0.735. The van der Waals surface area contributed by atoms with E-state index in [4.69, 9.17) is 5.10 Å². The molecular weight excluding hydrogens is 246 g/mol. The predicted octanol–water partition coefficient (Wildman–Crippen LogP) is 3.62. The van der Waals surface area contributed by atoms with Crippen molar-refractivity contribution in [1.29, 1.82) is 0 Å². The van der Waals surface area contributed by atoms with E-state index in [1.807, 2.05) is 0 Å². The van der Waals surface area contributed by atoms with Crippen LogP contribution in [0.15, 0.2) is 24.3 Å². The minimum Gasteiger partial charge on any atom is -0.316 e. The van der Waals surface area contributed by atoms with Crippen molar-refractivity contribution in [3.63, 3.8) is 0 Å². The Bertz CT molecular complexity index is 528. The highest BCUT2D eigenvalue weighted by Crippen LogP contribution is 2.19. The molecule has 0 aliphatic rings. The summed E-state index contributed by atoms with van der Waals surface area (Å²) in [5.41, 5.74) is 2.52. The molecule has 110 valence electrons. The van der Waals surface area contributed by atoms with Gasteiger partial charge in [-0.05, 0) is 51.3 Å². The first-order valence-electron chi connectivity index (χ1n) is 7.87. The van der Waals surface area contributed by atoms with Crippen LogP contribution in [0.1, 0.15) is 39.3 Å². The summed E-state index contributed by atoms with van der Waals surface area (Å²) in [4.78, 5) is 0. The number of para-hydroxylation sites is 1. The molecule has 0 aliphatic heterocycles. The number of nitrogens with one attached hydrogen (secondary N) is 1. The summed E-state index contributed by atoms with van der Waals surface area (Å²) in [6.45, 7) is 9.82. The van der Waals surface area contributed by atoms with Gasteiger partial charge >= 0.3 is 0 Å². The number of aryl methyl sites for hydroxylation is 2. The van der Waals surface area contributed by atoms with Crippen molar-refractivity contribution >= 4 is 10.9 Å². The smallest absolute Gasteiger partial charge is 0.0703 e. The van der Waals surface area contributed by atoms with E-state index in [1.165, 1.54) is 29.4 Å². The van der Waals surface area contributed by atoms with Gasteiger partial charge in [0.05, 0.1) is 11.2 Å². The molecular formula is C17H27N3. The number of unbranched alkanes of at least 4 members (excludes halogenated alkanes) is 1. The molecule has 0 atom stereocenters. The maximum atomic E-state index is 4.75. The van der Waals surface area contributed by atoms with Gasteiger partial charge in [0, 0.05) is 11.9 Å². The molecule has 0 fully saturated rings. The van der Waals surface area contributed by atoms with Crippen molar-refractivity contribution in [1.82, 2.24) is 15.1 Å². The highest BCUT2D eigenvalue weighted by molar-refractivity contribution is 5.81. The van der Waals surface area contributed by atoms with Gasteiger partial charge in [0.25, 0.3) is 0 Å². The third kappa shape index (κ3) is 3.83. The Morgan fingerprint density at radius 1 is 1.20 bits per heavy atom. The van der Waals surface area contributed by atoms with Crippen LogP contribution < -0.4 is 5.32 Å². The Hall–Kier alpha value is -1.35. The van der Waals surface area contributed by atoms with Crippen LogP contribution >= 0.6 is 0 Å². The molecule has 1 N–H and O–H groups in total. The Labute approximate surface area is 122 Å². The van der Waals surface area contributed by atoms with E-state index in [1.54, 1.807) is 0 Å². The van der Waals surface area contributed by atoms with E-state index in [-0.39, 0.29) is 0 Å². The molecule has 20 heavy (non-hydrogen) atoms. The molecule has 1 aromatic heterocycles. The van der Waals surface area contributed by atoms with Gasteiger partial charge < -0.3 is 5.32 Å². The lowest BCUT2D eigenvalue weighted by atomic mass is 10.1. The lowest BCUT2D eigenvalue weighted by Gasteiger charge is -2.06. The van der Waals surface area contributed by atoms with E-state index >= 15 is 0 Å². The highest BCUT2D eigenvalue weighted by Gasteiger charge is 2.08. The second-order valence-corrected chi connectivity index (χ2v) is 5.83. The van der Waals surface area contributed by atoms with Gasteiger partial charge in [0.15, 0.2) is 0 Å². The van der Waals surface area contributed by atoms with Crippen LogP contribution in [0.2, 0.25) is 0 Å². The van der Waals surface area contributed by atoms with Crippen molar-refractivity contribution in [3.05, 3.63) is 30.0 Å². The van der Waals surface area contributed by atoms with Gasteiger partial charge in [-0.3, -0.25) is 4.68 Å². The van der Waals surface area contributed by atoms with Gasteiger partial charge in [-0.2, -0.15) is 5.10 Å². The number of benzene rings is 1. The van der Waals surface area contributed by atoms with Crippen molar-refractivity contribution in [2.45, 2.75) is 46.6 Å². The van der Waals surface area contributed by atoms with Crippen LogP contribution in [0.4, 0.5) is 0 Å². The van der Waals surface area contributed by atoms with E-state index in [9.17, 15) is 0 Å². The summed E-state index contributed by atoms with van der Waals surface area (Å²) in [5, 5.41) is 9.57. The van der Waals surface area contributed by atoms with Crippen LogP contribution in [0.3, 0.4) is 0 Å². The first kappa shape index (κ1) is 15.0. The van der Waals surface area contributed by atoms with Gasteiger partial charge in [-0.15, -0.1) is 0 Å². The SMILES string of the molecule is CCn1nc(CCCCNCC(C)C)c2ccccc21. The van der Waals surface area contributed by atoms with Crippen LogP contribution in [0.25, 0.3) is 10.9 Å². The number of hydrogen-bond donors (Lipinski definition) is 1. The lowest BCUT2D eigenvalue weighted by molar-refractivity contribution is 0.534. The standard InChI is InChI=1S/C17H27N3/c1-4-20-17-11-6-5-9-15(17)16(19-20)10-7-8-12-18-13-14(2)3/h5-6,9,11,14,18H,4,7-8,10,12-13H2,1-3H3. The summed E-state index contributed by atoms with van der Waals surface area (Å²) in [6.07, 6.45) is 3.51. The second kappa shape index (κ2) is 7.44. The van der Waals surface area contributed by atoms with Gasteiger partial charge in [-0.1, -0.05) is 32.0 Å². The topological polar surface area (TPSA) is 29.9 Å². The molecule has 3 nitrogen and oxygen atoms in total. The molecule has 0 saturated carbocycles. The first-order valence-corrected chi connectivity index (χ1v) is 7.87. The van der Waals surface area contributed by atoms with Crippen LogP contribution in [0.5, 0.6) is 0 Å². The van der Waals surface area contributed by atoms with Crippen LogP contribution in [0, 0.1) is 5.92 Å². The lowest BCUT2D eigenvalue weighted by Crippen LogP contribution is -2.20. The average Bonchev–Trinajstić information content (AvgIpc) is 2.81. The monoisotopic (exact) mass is 273 g/mol. The molecule has 0 bridgehead atoms. The largest absolute Gasteiger partial charge is 0.316 e. The molecule has 3 heteroatoms. The van der Waals surface area contributed by atoms with Crippen molar-refractivity contribution in [3.8, 4) is 0 Å². The molecule has 1 heterocycles. The maximum absolute atomic E-state index is 4.75. The fraction of sp³-hybridized carbons (Fsp3) is 0.588. The van der Waals surface area contributed by atoms with E-state index in [2.05, 4.69) is 55.0 Å². The average molecular weight is 273 g/mol. The first-order chi connectivity index (χ1) is 9.72. The molecule has 0 unspecified atom stereocenters. The number of hydrogen-bond acceptors (Lipinski definition) is 2. The number of nitrogens with zero attached hydrogens (tertiary/aromatic N) is 2. The zero-order valence-corrected chi connectivity index (χ0v) is 13.0. The minimum absolute atomic E-state index is 0.735. The normalized spacial score (nSPS) is 11.6. The second-order valence-electron chi connectivity index (χ2n) is 5.83. The molecule has 0 saturated heterocycles. The third-order valence-electron chi connectivity index (χ3n) is 3.60. The quantitative estimate of drug-likeness (QED) is 0.744. The van der Waals surface area contributed by atoms with E-state index in [0.717, 1.165) is 32.0 Å². The van der Waals surface area contributed by atoms with Gasteiger partial charge in [-0.25, -0.2) is 0 Å². The molecule has 0 aliphatic carbocycles. The van der Waals surface area contributed by atoms with Crippen molar-refractivity contribution in [2.75, 3.05) is 13.1 Å². The zero-order chi connectivity index (χ0) is 14.4. The van der Waals surface area contributed by atoms with Gasteiger partial charge in [0.2, 0.25) is 0 Å². The summed E-state index contributed by atoms with van der Waals surface area (Å²) in [6, 6.07) is 8.56. The Kier molecular flexibility index (Phi) is 5.60. The number of aromatic nitrogens is 2. The zero-order valence-electron chi connectivity index (χ0n) is 13.0. The van der Waals surface area contributed by atoms with Gasteiger partial charge in [0.1, 0.15) is 0 Å². The molecule has 2 aromatic rings. The Balaban J connectivity index is 1.87. The van der Waals surface area contributed by atoms with Crippen molar-refractivity contribution < 1.29 is 0 Å². The van der Waals surface area contributed by atoms with Crippen molar-refractivity contribution in [2.24, 2.45) is 5.92 Å². The third-order valence-corrected chi connectivity index (χ3v) is 3.60. The van der Waals surface area contributed by atoms with E-state index in [0.29, 0.717) is 0 Å². The summed E-state index contributed by atoms with van der Waals surface area (Å²) >= 11 is 0. The van der Waals surface area contributed by atoms with Crippen LogP contribution in [-0.2, 0) is 13.0 Å². The Morgan fingerprint density at radius 2 is 2.00 bits per heavy atom. The molecule has 2 rings (SSSR count). The predicted molar refractivity (Wildman–Crippen MR) is 86.1 cm³/mol. The van der Waals surface area contributed by atoms with Crippen LogP contribution in [-0.4, -0.2) is 22.9 Å². The highest BCUT2D eigenvalue weighted by atomic mass is 15.3. The fourth-order valence-corrected chi connectivity index (χ4v) is 2.56. The molecule has 1 aromatic carbocycles. The Morgan fingerprint density at radius 3 is 2.75 bits per heavy atom. The molecule has 0 radical (unpaired) electrons. The molecule has 0 amide bonds. The summed E-state index contributed by atoms with van der Waals surface area (Å²) < 4.78 is 2.11. The van der Waals surface area contributed by atoms with E-state index < -0.39 is 0 Å². The minimum atomic E-state index is 0.735. The summed E-state index contributed by atoms with van der Waals surface area (Å²) in [7, 11) is 0.